The summed E-state index contributed by atoms with van der Waals surface area (Å²) in [7, 11) is 0. The van der Waals surface area contributed by atoms with E-state index < -0.39 is 0 Å². The SMILES string of the molecule is CC(C)(C)C1CCCN(CCCC2CCCN2)CC1. The van der Waals surface area contributed by atoms with Gasteiger partial charge in [0.05, 0.1) is 0 Å². The van der Waals surface area contributed by atoms with Crippen LogP contribution in [0, 0.1) is 11.3 Å². The van der Waals surface area contributed by atoms with Crippen molar-refractivity contribution in [1.29, 1.82) is 0 Å². The van der Waals surface area contributed by atoms with Gasteiger partial charge in [0.1, 0.15) is 0 Å². The summed E-state index contributed by atoms with van der Waals surface area (Å²) in [5.41, 5.74) is 0.504. The number of hydrogen-bond donors (Lipinski definition) is 1. The van der Waals surface area contributed by atoms with Gasteiger partial charge in [0.15, 0.2) is 0 Å². The fourth-order valence-corrected chi connectivity index (χ4v) is 3.81. The van der Waals surface area contributed by atoms with Crippen molar-refractivity contribution < 1.29 is 0 Å². The van der Waals surface area contributed by atoms with Gasteiger partial charge in [-0.25, -0.2) is 0 Å². The largest absolute Gasteiger partial charge is 0.314 e. The van der Waals surface area contributed by atoms with Crippen molar-refractivity contribution in [3.8, 4) is 0 Å². The highest BCUT2D eigenvalue weighted by Crippen LogP contribution is 2.34. The van der Waals surface area contributed by atoms with E-state index in [1.807, 2.05) is 0 Å². The molecule has 0 aromatic carbocycles. The van der Waals surface area contributed by atoms with Crippen LogP contribution in [-0.2, 0) is 0 Å². The van der Waals surface area contributed by atoms with E-state index in [1.54, 1.807) is 0 Å². The molecule has 2 aliphatic rings. The molecular formula is C17H34N2. The van der Waals surface area contributed by atoms with Crippen LogP contribution in [0.4, 0.5) is 0 Å². The lowest BCUT2D eigenvalue weighted by Crippen LogP contribution is -2.29. The van der Waals surface area contributed by atoms with Crippen molar-refractivity contribution in [2.75, 3.05) is 26.2 Å². The summed E-state index contributed by atoms with van der Waals surface area (Å²) in [6, 6.07) is 0.828. The van der Waals surface area contributed by atoms with Crippen molar-refractivity contribution in [1.82, 2.24) is 10.2 Å². The minimum atomic E-state index is 0.504. The van der Waals surface area contributed by atoms with Gasteiger partial charge < -0.3 is 10.2 Å². The first kappa shape index (κ1) is 15.3. The fraction of sp³-hybridized carbons (Fsp3) is 1.00. The fourth-order valence-electron chi connectivity index (χ4n) is 3.81. The Morgan fingerprint density at radius 1 is 1.05 bits per heavy atom. The van der Waals surface area contributed by atoms with Gasteiger partial charge in [-0.1, -0.05) is 20.8 Å². The minimum Gasteiger partial charge on any atom is -0.314 e. The standard InChI is InChI=1S/C17H34N2/c1-17(2,3)15-7-5-12-19(14-10-15)13-6-9-16-8-4-11-18-16/h15-16,18H,4-14H2,1-3H3. The molecule has 0 amide bonds. The van der Waals surface area contributed by atoms with E-state index in [9.17, 15) is 0 Å². The Kier molecular flexibility index (Phi) is 5.70. The van der Waals surface area contributed by atoms with Crippen molar-refractivity contribution in [3.63, 3.8) is 0 Å². The molecule has 2 heterocycles. The molecule has 0 bridgehead atoms. The molecule has 2 aliphatic heterocycles. The summed E-state index contributed by atoms with van der Waals surface area (Å²) in [5, 5.41) is 3.62. The Morgan fingerprint density at radius 2 is 1.89 bits per heavy atom. The lowest BCUT2D eigenvalue weighted by molar-refractivity contribution is 0.207. The van der Waals surface area contributed by atoms with Crippen LogP contribution in [0.1, 0.15) is 65.7 Å². The Morgan fingerprint density at radius 3 is 2.58 bits per heavy atom. The number of nitrogens with one attached hydrogen (secondary N) is 1. The second-order valence-corrected chi connectivity index (χ2v) is 7.77. The van der Waals surface area contributed by atoms with Gasteiger partial charge in [-0.05, 0) is 82.5 Å². The van der Waals surface area contributed by atoms with Crippen molar-refractivity contribution >= 4 is 0 Å². The number of hydrogen-bond acceptors (Lipinski definition) is 2. The Balaban J connectivity index is 1.65. The maximum absolute atomic E-state index is 3.62. The molecule has 0 aromatic heterocycles. The van der Waals surface area contributed by atoms with Crippen molar-refractivity contribution in [3.05, 3.63) is 0 Å². The molecule has 2 atom stereocenters. The van der Waals surface area contributed by atoms with Gasteiger partial charge in [-0.3, -0.25) is 0 Å². The van der Waals surface area contributed by atoms with Crippen LogP contribution in [0.25, 0.3) is 0 Å². The predicted octanol–water partition coefficient (Wildman–Crippen LogP) is 3.67. The van der Waals surface area contributed by atoms with E-state index in [-0.39, 0.29) is 0 Å². The summed E-state index contributed by atoms with van der Waals surface area (Å²) >= 11 is 0. The van der Waals surface area contributed by atoms with E-state index in [2.05, 4.69) is 31.0 Å². The molecule has 2 rings (SSSR count). The number of nitrogens with zero attached hydrogens (tertiary/aromatic N) is 1. The van der Waals surface area contributed by atoms with E-state index in [0.717, 1.165) is 12.0 Å². The number of likely N-dealkylation sites (tertiary alicyclic amines) is 1. The molecule has 112 valence electrons. The average molecular weight is 266 g/mol. The molecule has 0 aliphatic carbocycles. The molecule has 2 fully saturated rings. The Hall–Kier alpha value is -0.0800. The molecule has 2 heteroatoms. The zero-order valence-electron chi connectivity index (χ0n) is 13.4. The maximum atomic E-state index is 3.62. The van der Waals surface area contributed by atoms with Crippen molar-refractivity contribution in [2.45, 2.75) is 71.8 Å². The van der Waals surface area contributed by atoms with Gasteiger partial charge in [0, 0.05) is 6.04 Å². The minimum absolute atomic E-state index is 0.504. The van der Waals surface area contributed by atoms with Crippen LogP contribution >= 0.6 is 0 Å². The molecule has 2 saturated heterocycles. The zero-order chi connectivity index (χ0) is 13.7. The summed E-state index contributed by atoms with van der Waals surface area (Å²) < 4.78 is 0. The highest BCUT2D eigenvalue weighted by Gasteiger charge is 2.26. The molecular weight excluding hydrogens is 232 g/mol. The lowest BCUT2D eigenvalue weighted by Gasteiger charge is -2.29. The Labute approximate surface area is 120 Å². The predicted molar refractivity (Wildman–Crippen MR) is 83.5 cm³/mol. The summed E-state index contributed by atoms with van der Waals surface area (Å²) in [5.74, 6) is 0.925. The molecule has 0 spiro atoms. The van der Waals surface area contributed by atoms with Gasteiger partial charge in [0.25, 0.3) is 0 Å². The van der Waals surface area contributed by atoms with E-state index in [0.29, 0.717) is 5.41 Å². The van der Waals surface area contributed by atoms with Crippen LogP contribution in [-0.4, -0.2) is 37.1 Å². The molecule has 2 unspecified atom stereocenters. The van der Waals surface area contributed by atoms with Gasteiger partial charge in [-0.15, -0.1) is 0 Å². The lowest BCUT2D eigenvalue weighted by atomic mass is 9.77. The topological polar surface area (TPSA) is 15.3 Å². The normalized spacial score (nSPS) is 30.5. The zero-order valence-corrected chi connectivity index (χ0v) is 13.4. The molecule has 0 saturated carbocycles. The van der Waals surface area contributed by atoms with Crippen LogP contribution in [0.5, 0.6) is 0 Å². The highest BCUT2D eigenvalue weighted by molar-refractivity contribution is 4.79. The first-order chi connectivity index (χ1) is 9.05. The van der Waals surface area contributed by atoms with Crippen LogP contribution in [0.3, 0.4) is 0 Å². The van der Waals surface area contributed by atoms with Crippen LogP contribution in [0.2, 0.25) is 0 Å². The van der Waals surface area contributed by atoms with E-state index >= 15 is 0 Å². The molecule has 0 aromatic rings. The summed E-state index contributed by atoms with van der Waals surface area (Å²) in [6.07, 6.45) is 9.82. The van der Waals surface area contributed by atoms with Crippen LogP contribution in [0.15, 0.2) is 0 Å². The van der Waals surface area contributed by atoms with E-state index in [4.69, 9.17) is 0 Å². The average Bonchev–Trinajstić information content (AvgIpc) is 2.72. The third-order valence-corrected chi connectivity index (χ3v) is 5.23. The molecule has 2 nitrogen and oxygen atoms in total. The van der Waals surface area contributed by atoms with Gasteiger partial charge in [0.2, 0.25) is 0 Å². The third-order valence-electron chi connectivity index (χ3n) is 5.23. The maximum Gasteiger partial charge on any atom is 0.00680 e. The monoisotopic (exact) mass is 266 g/mol. The Bertz CT molecular complexity index is 250. The molecule has 19 heavy (non-hydrogen) atoms. The summed E-state index contributed by atoms with van der Waals surface area (Å²) in [4.78, 5) is 2.72. The second-order valence-electron chi connectivity index (χ2n) is 7.77. The third kappa shape index (κ3) is 5.07. The van der Waals surface area contributed by atoms with Crippen LogP contribution < -0.4 is 5.32 Å². The molecule has 1 N–H and O–H groups in total. The smallest absolute Gasteiger partial charge is 0.00680 e. The first-order valence-electron chi connectivity index (χ1n) is 8.51. The first-order valence-corrected chi connectivity index (χ1v) is 8.51. The number of rotatable bonds is 4. The second kappa shape index (κ2) is 7.08. The highest BCUT2D eigenvalue weighted by atomic mass is 15.1. The van der Waals surface area contributed by atoms with Crippen molar-refractivity contribution in [2.24, 2.45) is 11.3 Å². The quantitative estimate of drug-likeness (QED) is 0.835. The molecule has 0 radical (unpaired) electrons. The van der Waals surface area contributed by atoms with E-state index in [1.165, 1.54) is 71.1 Å². The summed E-state index contributed by atoms with van der Waals surface area (Å²) in [6.45, 7) is 12.5. The van der Waals surface area contributed by atoms with Gasteiger partial charge >= 0.3 is 0 Å². The van der Waals surface area contributed by atoms with Gasteiger partial charge in [-0.2, -0.15) is 0 Å².